The molecule has 2 N–H and O–H groups in total. The van der Waals surface area contributed by atoms with E-state index in [1.807, 2.05) is 0 Å². The molecular weight excluding hydrogens is 236 g/mol. The van der Waals surface area contributed by atoms with E-state index in [-0.39, 0.29) is 5.92 Å². The molecule has 0 bridgehead atoms. The van der Waals surface area contributed by atoms with Gasteiger partial charge in [0.2, 0.25) is 5.91 Å². The second kappa shape index (κ2) is 6.74. The molecule has 0 heterocycles. The molecule has 0 aromatic heterocycles. The summed E-state index contributed by atoms with van der Waals surface area (Å²) in [6.45, 7) is 6.03. The molecule has 3 nitrogen and oxygen atoms in total. The fourth-order valence-electron chi connectivity index (χ4n) is 3.89. The van der Waals surface area contributed by atoms with Crippen molar-refractivity contribution >= 4 is 5.91 Å². The molecule has 2 unspecified atom stereocenters. The minimum absolute atomic E-state index is 0.212. The van der Waals surface area contributed by atoms with Gasteiger partial charge in [-0.3, -0.25) is 4.79 Å². The molecule has 2 aliphatic rings. The standard InChI is InChI=1S/C16H30N2O/c1-12(2)11-18(14-7-3-4-8-14)16(19)15-9-5-6-13(15)10-17/h12-15H,3-11,17H2,1-2H3. The zero-order chi connectivity index (χ0) is 13.8. The first-order chi connectivity index (χ1) is 9.13. The molecule has 2 fully saturated rings. The number of nitrogens with two attached hydrogens (primary N) is 1. The van der Waals surface area contributed by atoms with Gasteiger partial charge < -0.3 is 10.6 Å². The fourth-order valence-corrected chi connectivity index (χ4v) is 3.89. The maximum Gasteiger partial charge on any atom is 0.226 e. The Balaban J connectivity index is 2.05. The summed E-state index contributed by atoms with van der Waals surface area (Å²) in [6.07, 6.45) is 8.37. The largest absolute Gasteiger partial charge is 0.339 e. The molecule has 110 valence electrons. The number of amides is 1. The fraction of sp³-hybridized carbons (Fsp3) is 0.938. The van der Waals surface area contributed by atoms with Gasteiger partial charge in [0.1, 0.15) is 0 Å². The van der Waals surface area contributed by atoms with Crippen molar-refractivity contribution in [2.24, 2.45) is 23.5 Å². The van der Waals surface area contributed by atoms with E-state index in [2.05, 4.69) is 18.7 Å². The van der Waals surface area contributed by atoms with E-state index < -0.39 is 0 Å². The van der Waals surface area contributed by atoms with E-state index >= 15 is 0 Å². The number of hydrogen-bond donors (Lipinski definition) is 1. The average Bonchev–Trinajstić information content (AvgIpc) is 3.05. The van der Waals surface area contributed by atoms with Crippen LogP contribution in [0.3, 0.4) is 0 Å². The van der Waals surface area contributed by atoms with Gasteiger partial charge in [0, 0.05) is 18.5 Å². The van der Waals surface area contributed by atoms with Crippen molar-refractivity contribution in [1.82, 2.24) is 4.90 Å². The van der Waals surface area contributed by atoms with Crippen LogP contribution >= 0.6 is 0 Å². The van der Waals surface area contributed by atoms with E-state index in [9.17, 15) is 4.79 Å². The third-order valence-electron chi connectivity index (χ3n) is 4.89. The molecule has 2 rings (SSSR count). The Bertz CT molecular complexity index is 297. The summed E-state index contributed by atoms with van der Waals surface area (Å²) in [5, 5.41) is 0. The Kier molecular flexibility index (Phi) is 5.26. The Morgan fingerprint density at radius 1 is 1.16 bits per heavy atom. The second-order valence-electron chi connectivity index (χ2n) is 6.86. The minimum Gasteiger partial charge on any atom is -0.339 e. The lowest BCUT2D eigenvalue weighted by Crippen LogP contribution is -2.45. The number of nitrogens with zero attached hydrogens (tertiary/aromatic N) is 1. The van der Waals surface area contributed by atoms with Crippen molar-refractivity contribution in [2.45, 2.75) is 64.8 Å². The van der Waals surface area contributed by atoms with Crippen LogP contribution in [0.1, 0.15) is 58.8 Å². The monoisotopic (exact) mass is 266 g/mol. The molecule has 0 spiro atoms. The minimum atomic E-state index is 0.212. The molecule has 0 aromatic carbocycles. The summed E-state index contributed by atoms with van der Waals surface area (Å²) >= 11 is 0. The summed E-state index contributed by atoms with van der Waals surface area (Å²) in [5.41, 5.74) is 5.85. The smallest absolute Gasteiger partial charge is 0.226 e. The SMILES string of the molecule is CC(C)CN(C(=O)C1CCCC1CN)C1CCCC1. The maximum atomic E-state index is 12.9. The van der Waals surface area contributed by atoms with Crippen LogP contribution in [0, 0.1) is 17.8 Å². The zero-order valence-corrected chi connectivity index (χ0v) is 12.6. The highest BCUT2D eigenvalue weighted by Gasteiger charge is 2.37. The van der Waals surface area contributed by atoms with Crippen LogP contribution in [-0.2, 0) is 4.79 Å². The molecule has 19 heavy (non-hydrogen) atoms. The van der Waals surface area contributed by atoms with E-state index in [1.165, 1.54) is 32.1 Å². The third-order valence-corrected chi connectivity index (χ3v) is 4.89. The van der Waals surface area contributed by atoms with Gasteiger partial charge in [-0.1, -0.05) is 33.1 Å². The quantitative estimate of drug-likeness (QED) is 0.831. The van der Waals surface area contributed by atoms with Crippen molar-refractivity contribution in [1.29, 1.82) is 0 Å². The van der Waals surface area contributed by atoms with Crippen LogP contribution in [0.4, 0.5) is 0 Å². The van der Waals surface area contributed by atoms with Crippen molar-refractivity contribution < 1.29 is 4.79 Å². The molecule has 3 heteroatoms. The van der Waals surface area contributed by atoms with Gasteiger partial charge in [0.15, 0.2) is 0 Å². The van der Waals surface area contributed by atoms with E-state index in [4.69, 9.17) is 5.73 Å². The molecule has 2 atom stereocenters. The van der Waals surface area contributed by atoms with Gasteiger partial charge in [-0.25, -0.2) is 0 Å². The predicted octanol–water partition coefficient (Wildman–Crippen LogP) is 2.79. The lowest BCUT2D eigenvalue weighted by molar-refractivity contribution is -0.139. The molecule has 0 aromatic rings. The van der Waals surface area contributed by atoms with Gasteiger partial charge in [-0.15, -0.1) is 0 Å². The van der Waals surface area contributed by atoms with Crippen LogP contribution in [0.15, 0.2) is 0 Å². The third kappa shape index (κ3) is 3.50. The zero-order valence-electron chi connectivity index (χ0n) is 12.6. The molecule has 0 saturated heterocycles. The lowest BCUT2D eigenvalue weighted by atomic mass is 9.93. The van der Waals surface area contributed by atoms with Gasteiger partial charge in [-0.2, -0.15) is 0 Å². The summed E-state index contributed by atoms with van der Waals surface area (Å²) in [7, 11) is 0. The normalized spacial score (nSPS) is 28.2. The summed E-state index contributed by atoms with van der Waals surface area (Å²) in [5.74, 6) is 1.61. The molecule has 1 amide bonds. The predicted molar refractivity (Wildman–Crippen MR) is 78.7 cm³/mol. The van der Waals surface area contributed by atoms with Crippen molar-refractivity contribution in [3.8, 4) is 0 Å². The van der Waals surface area contributed by atoms with Crippen LogP contribution in [0.5, 0.6) is 0 Å². The molecule has 2 saturated carbocycles. The Morgan fingerprint density at radius 3 is 2.42 bits per heavy atom. The van der Waals surface area contributed by atoms with Crippen molar-refractivity contribution in [3.05, 3.63) is 0 Å². The van der Waals surface area contributed by atoms with E-state index in [0.717, 1.165) is 19.4 Å². The molecule has 0 aliphatic heterocycles. The average molecular weight is 266 g/mol. The van der Waals surface area contributed by atoms with Crippen LogP contribution in [-0.4, -0.2) is 29.9 Å². The number of hydrogen-bond acceptors (Lipinski definition) is 2. The highest BCUT2D eigenvalue weighted by Crippen LogP contribution is 2.34. The van der Waals surface area contributed by atoms with Gasteiger partial charge in [-0.05, 0) is 44.1 Å². The highest BCUT2D eigenvalue weighted by molar-refractivity contribution is 5.80. The van der Waals surface area contributed by atoms with E-state index in [1.54, 1.807) is 0 Å². The van der Waals surface area contributed by atoms with Gasteiger partial charge in [0.05, 0.1) is 0 Å². The van der Waals surface area contributed by atoms with E-state index in [0.29, 0.717) is 30.3 Å². The molecule has 2 aliphatic carbocycles. The van der Waals surface area contributed by atoms with Crippen molar-refractivity contribution in [3.63, 3.8) is 0 Å². The number of carbonyl (C=O) groups is 1. The summed E-state index contributed by atoms with van der Waals surface area (Å²) in [6, 6.07) is 0.508. The van der Waals surface area contributed by atoms with Gasteiger partial charge >= 0.3 is 0 Å². The number of carbonyl (C=O) groups excluding carboxylic acids is 1. The lowest BCUT2D eigenvalue weighted by Gasteiger charge is -2.34. The van der Waals surface area contributed by atoms with Crippen LogP contribution in [0.2, 0.25) is 0 Å². The summed E-state index contributed by atoms with van der Waals surface area (Å²) in [4.78, 5) is 15.1. The van der Waals surface area contributed by atoms with Crippen LogP contribution in [0.25, 0.3) is 0 Å². The first-order valence-electron chi connectivity index (χ1n) is 8.14. The maximum absolute atomic E-state index is 12.9. The Hall–Kier alpha value is -0.570. The van der Waals surface area contributed by atoms with Crippen molar-refractivity contribution in [2.75, 3.05) is 13.1 Å². The Morgan fingerprint density at radius 2 is 1.84 bits per heavy atom. The number of rotatable bonds is 5. The topological polar surface area (TPSA) is 46.3 Å². The summed E-state index contributed by atoms with van der Waals surface area (Å²) < 4.78 is 0. The first kappa shape index (κ1) is 14.8. The first-order valence-corrected chi connectivity index (χ1v) is 8.14. The molecule has 0 radical (unpaired) electrons. The molecular formula is C16H30N2O. The highest BCUT2D eigenvalue weighted by atomic mass is 16.2. The van der Waals surface area contributed by atoms with Gasteiger partial charge in [0.25, 0.3) is 0 Å². The van der Waals surface area contributed by atoms with Crippen LogP contribution < -0.4 is 5.73 Å². The Labute approximate surface area is 117 Å². The second-order valence-corrected chi connectivity index (χ2v) is 6.86.